The predicted molar refractivity (Wildman–Crippen MR) is 151 cm³/mol. The van der Waals surface area contributed by atoms with Gasteiger partial charge in [0.2, 0.25) is 5.91 Å². The first-order valence-electron chi connectivity index (χ1n) is 12.4. The number of aromatic nitrogens is 2. The van der Waals surface area contributed by atoms with Crippen molar-refractivity contribution in [3.8, 4) is 27.7 Å². The molecule has 3 heterocycles. The number of anilines is 2. The fourth-order valence-electron chi connectivity index (χ4n) is 4.59. The molecule has 1 aliphatic heterocycles. The maximum Gasteiger partial charge on any atom is 0.245 e. The van der Waals surface area contributed by atoms with Gasteiger partial charge in [0.05, 0.1) is 25.4 Å². The maximum atomic E-state index is 11.9. The number of nitrogens with zero attached hydrogens (tertiary/aromatic N) is 3. The van der Waals surface area contributed by atoms with Crippen molar-refractivity contribution in [2.24, 2.45) is 0 Å². The summed E-state index contributed by atoms with van der Waals surface area (Å²) in [5.41, 5.74) is 3.85. The molecule has 1 aliphatic rings. The van der Waals surface area contributed by atoms with E-state index < -0.39 is 0 Å². The van der Waals surface area contributed by atoms with Gasteiger partial charge in [-0.05, 0) is 59.8 Å². The number of hydrogen-bond donors (Lipinski definition) is 1. The van der Waals surface area contributed by atoms with Crippen LogP contribution in [-0.4, -0.2) is 54.2 Å². The van der Waals surface area contributed by atoms with Crippen LogP contribution in [0.3, 0.4) is 0 Å². The van der Waals surface area contributed by atoms with Crippen molar-refractivity contribution in [2.75, 3.05) is 32.6 Å². The van der Waals surface area contributed by atoms with Crippen molar-refractivity contribution >= 4 is 39.7 Å². The highest BCUT2D eigenvalue weighted by Crippen LogP contribution is 2.39. The van der Waals surface area contributed by atoms with Crippen LogP contribution in [0, 0.1) is 6.92 Å². The summed E-state index contributed by atoms with van der Waals surface area (Å²) in [6.45, 7) is 6.92. The van der Waals surface area contributed by atoms with Crippen molar-refractivity contribution < 1.29 is 19.0 Å². The number of ether oxygens (including phenoxy) is 3. The number of piperidine rings is 1. The number of thiophene rings is 1. The number of rotatable bonds is 8. The van der Waals surface area contributed by atoms with Gasteiger partial charge in [-0.2, -0.15) is 0 Å². The van der Waals surface area contributed by atoms with Gasteiger partial charge in [0.25, 0.3) is 0 Å². The normalized spacial score (nSPS) is 13.8. The van der Waals surface area contributed by atoms with Crippen LogP contribution in [0.4, 0.5) is 11.5 Å². The van der Waals surface area contributed by atoms with Crippen LogP contribution < -0.4 is 19.5 Å². The van der Waals surface area contributed by atoms with Crippen LogP contribution >= 0.6 is 11.3 Å². The molecule has 1 N–H and O–H groups in total. The highest BCUT2D eigenvalue weighted by Gasteiger charge is 2.24. The van der Waals surface area contributed by atoms with E-state index in [2.05, 4.69) is 52.4 Å². The topological polar surface area (TPSA) is 85.8 Å². The SMILES string of the molecule is C=CC(=O)N1CCC(Oc2cc3c(Nc4cc(-c5cc(C)cs5)ccc4OC)ncnc3cc2OC)CC1. The number of nitrogens with one attached hydrogen (secondary N) is 1. The molecule has 9 heteroatoms. The van der Waals surface area contributed by atoms with Crippen LogP contribution in [0.5, 0.6) is 17.2 Å². The fourth-order valence-corrected chi connectivity index (χ4v) is 5.48. The van der Waals surface area contributed by atoms with Crippen molar-refractivity contribution in [2.45, 2.75) is 25.9 Å². The first kappa shape index (κ1) is 25.5. The average Bonchev–Trinajstić information content (AvgIpc) is 3.39. The van der Waals surface area contributed by atoms with Crippen LogP contribution in [0.2, 0.25) is 0 Å². The largest absolute Gasteiger partial charge is 0.495 e. The smallest absolute Gasteiger partial charge is 0.245 e. The minimum Gasteiger partial charge on any atom is -0.495 e. The monoisotopic (exact) mass is 530 g/mol. The summed E-state index contributed by atoms with van der Waals surface area (Å²) in [4.78, 5) is 23.9. The number of fused-ring (bicyclic) bond motifs is 1. The first-order chi connectivity index (χ1) is 18.5. The Morgan fingerprint density at radius 2 is 1.87 bits per heavy atom. The molecule has 0 bridgehead atoms. The van der Waals surface area contributed by atoms with E-state index in [-0.39, 0.29) is 12.0 Å². The Hall–Kier alpha value is -4.11. The highest BCUT2D eigenvalue weighted by atomic mass is 32.1. The van der Waals surface area contributed by atoms with Gasteiger partial charge in [0, 0.05) is 42.3 Å². The standard InChI is InChI=1S/C29H30N4O4S/c1-5-28(34)33-10-8-20(9-11-33)37-26-14-21-22(15-25(26)36-4)30-17-31-29(21)32-23-13-19(6-7-24(23)35-3)27-12-18(2)16-38-27/h5-7,12-17,20H,1,8-11H2,2-4H3,(H,30,31,32). The molecule has 0 spiro atoms. The Kier molecular flexibility index (Phi) is 7.46. The number of benzene rings is 2. The average molecular weight is 531 g/mol. The summed E-state index contributed by atoms with van der Waals surface area (Å²) in [5, 5.41) is 6.39. The highest BCUT2D eigenvalue weighted by molar-refractivity contribution is 7.13. The van der Waals surface area contributed by atoms with Crippen molar-refractivity contribution in [1.82, 2.24) is 14.9 Å². The Morgan fingerprint density at radius 3 is 2.55 bits per heavy atom. The third-order valence-electron chi connectivity index (χ3n) is 6.61. The van der Waals surface area contributed by atoms with Crippen molar-refractivity contribution in [3.63, 3.8) is 0 Å². The summed E-state index contributed by atoms with van der Waals surface area (Å²) in [6.07, 6.45) is 4.29. The van der Waals surface area contributed by atoms with E-state index >= 15 is 0 Å². The zero-order chi connectivity index (χ0) is 26.6. The molecule has 0 saturated carbocycles. The van der Waals surface area contributed by atoms with Crippen LogP contribution in [-0.2, 0) is 4.79 Å². The number of hydrogen-bond acceptors (Lipinski definition) is 8. The van der Waals surface area contributed by atoms with Gasteiger partial charge >= 0.3 is 0 Å². The predicted octanol–water partition coefficient (Wildman–Crippen LogP) is 5.98. The second kappa shape index (κ2) is 11.1. The number of amides is 1. The van der Waals surface area contributed by atoms with Crippen molar-refractivity contribution in [3.05, 3.63) is 66.3 Å². The van der Waals surface area contributed by atoms with Crippen LogP contribution in [0.1, 0.15) is 18.4 Å². The van der Waals surface area contributed by atoms with Gasteiger partial charge in [-0.25, -0.2) is 9.97 Å². The Morgan fingerprint density at radius 1 is 1.08 bits per heavy atom. The number of carbonyl (C=O) groups excluding carboxylic acids is 1. The summed E-state index contributed by atoms with van der Waals surface area (Å²) >= 11 is 1.71. The lowest BCUT2D eigenvalue weighted by Gasteiger charge is -2.31. The Balaban J connectivity index is 1.45. The molecule has 196 valence electrons. The number of methoxy groups -OCH3 is 2. The molecule has 2 aromatic carbocycles. The molecule has 0 unspecified atom stereocenters. The van der Waals surface area contributed by atoms with E-state index in [1.54, 1.807) is 30.5 Å². The van der Waals surface area contributed by atoms with Gasteiger partial charge < -0.3 is 24.4 Å². The second-order valence-corrected chi connectivity index (χ2v) is 10.0. The number of aryl methyl sites for hydroxylation is 1. The third-order valence-corrected chi connectivity index (χ3v) is 7.71. The summed E-state index contributed by atoms with van der Waals surface area (Å²) < 4.78 is 17.7. The molecule has 0 aliphatic carbocycles. The molecule has 5 rings (SSSR count). The van der Waals surface area contributed by atoms with Crippen LogP contribution in [0.25, 0.3) is 21.3 Å². The third kappa shape index (κ3) is 5.28. The molecule has 1 saturated heterocycles. The molecule has 0 atom stereocenters. The van der Waals surface area contributed by atoms with E-state index in [4.69, 9.17) is 14.2 Å². The molecular formula is C29H30N4O4S. The van der Waals surface area contributed by atoms with E-state index in [1.165, 1.54) is 22.8 Å². The molecule has 4 aromatic rings. The van der Waals surface area contributed by atoms with Gasteiger partial charge in [0.1, 0.15) is 24.0 Å². The van der Waals surface area contributed by atoms with Crippen LogP contribution in [0.15, 0.2) is 60.8 Å². The molecule has 2 aromatic heterocycles. The molecule has 0 radical (unpaired) electrons. The van der Waals surface area contributed by atoms with E-state index in [9.17, 15) is 4.79 Å². The minimum atomic E-state index is -0.0479. The summed E-state index contributed by atoms with van der Waals surface area (Å²) in [7, 11) is 3.26. The van der Waals surface area contributed by atoms with Gasteiger partial charge in [-0.15, -0.1) is 11.3 Å². The number of likely N-dealkylation sites (tertiary alicyclic amines) is 1. The number of carbonyl (C=O) groups is 1. The Bertz CT molecular complexity index is 1480. The van der Waals surface area contributed by atoms with Gasteiger partial charge in [-0.3, -0.25) is 4.79 Å². The minimum absolute atomic E-state index is 0.0396. The zero-order valence-electron chi connectivity index (χ0n) is 21.7. The van der Waals surface area contributed by atoms with E-state index in [0.717, 1.165) is 35.0 Å². The molecule has 38 heavy (non-hydrogen) atoms. The van der Waals surface area contributed by atoms with E-state index in [1.807, 2.05) is 18.2 Å². The summed E-state index contributed by atoms with van der Waals surface area (Å²) in [6, 6.07) is 12.0. The lowest BCUT2D eigenvalue weighted by atomic mass is 10.1. The molecule has 8 nitrogen and oxygen atoms in total. The zero-order valence-corrected chi connectivity index (χ0v) is 22.5. The maximum absolute atomic E-state index is 11.9. The molecule has 1 fully saturated rings. The lowest BCUT2D eigenvalue weighted by molar-refractivity contribution is -0.127. The molecule has 1 amide bonds. The van der Waals surface area contributed by atoms with Gasteiger partial charge in [-0.1, -0.05) is 6.58 Å². The quantitative estimate of drug-likeness (QED) is 0.280. The van der Waals surface area contributed by atoms with Crippen molar-refractivity contribution in [1.29, 1.82) is 0 Å². The lowest BCUT2D eigenvalue weighted by Crippen LogP contribution is -2.41. The van der Waals surface area contributed by atoms with E-state index in [0.29, 0.717) is 36.2 Å². The first-order valence-corrected chi connectivity index (χ1v) is 13.3. The fraction of sp³-hybridized carbons (Fsp3) is 0.276. The summed E-state index contributed by atoms with van der Waals surface area (Å²) in [5.74, 6) is 2.50. The Labute approximate surface area is 225 Å². The second-order valence-electron chi connectivity index (χ2n) is 9.12. The van der Waals surface area contributed by atoms with Gasteiger partial charge in [0.15, 0.2) is 11.5 Å². The molecular weight excluding hydrogens is 500 g/mol.